The number of primary amides is 1. The molecule has 1 aliphatic carbocycles. The number of benzene rings is 2. The highest BCUT2D eigenvalue weighted by molar-refractivity contribution is 5.89. The smallest absolute Gasteiger partial charge is 0.316 e. The van der Waals surface area contributed by atoms with Gasteiger partial charge in [-0.05, 0) is 60.2 Å². The monoisotopic (exact) mass is 363 g/mol. The van der Waals surface area contributed by atoms with E-state index in [1.807, 2.05) is 12.1 Å². The maximum atomic E-state index is 12.3. The minimum absolute atomic E-state index is 0.0578. The predicted molar refractivity (Wildman–Crippen MR) is 103 cm³/mol. The lowest BCUT2D eigenvalue weighted by Gasteiger charge is -2.07. The number of carbonyl (C=O) groups excluding carboxylic acids is 2. The van der Waals surface area contributed by atoms with E-state index in [-0.39, 0.29) is 12.3 Å². The lowest BCUT2D eigenvalue weighted by atomic mass is 10.0. The molecule has 1 aromatic heterocycles. The van der Waals surface area contributed by atoms with E-state index >= 15 is 0 Å². The van der Waals surface area contributed by atoms with Gasteiger partial charge in [0.05, 0.1) is 12.7 Å². The second-order valence-electron chi connectivity index (χ2n) is 6.87. The Balaban J connectivity index is 1.38. The van der Waals surface area contributed by atoms with Crippen molar-refractivity contribution in [2.45, 2.75) is 32.2 Å². The zero-order chi connectivity index (χ0) is 18.8. The highest BCUT2D eigenvalue weighted by Crippen LogP contribution is 2.30. The molecule has 0 saturated heterocycles. The number of urea groups is 1. The zero-order valence-electron chi connectivity index (χ0n) is 14.9. The van der Waals surface area contributed by atoms with Crippen LogP contribution in [0.25, 0.3) is 11.0 Å². The van der Waals surface area contributed by atoms with Crippen molar-refractivity contribution in [2.75, 3.05) is 5.32 Å². The number of hydrogen-bond acceptors (Lipinski definition) is 3. The fraction of sp³-hybridized carbons (Fsp3) is 0.238. The summed E-state index contributed by atoms with van der Waals surface area (Å²) in [7, 11) is 0. The Morgan fingerprint density at radius 2 is 1.81 bits per heavy atom. The Hall–Kier alpha value is -3.28. The van der Waals surface area contributed by atoms with Crippen LogP contribution in [0.1, 0.15) is 28.7 Å². The number of anilines is 1. The van der Waals surface area contributed by atoms with Crippen LogP contribution in [-0.2, 0) is 30.6 Å². The number of fused-ring (bicyclic) bond motifs is 2. The second-order valence-corrected chi connectivity index (χ2v) is 6.87. The first-order valence-electron chi connectivity index (χ1n) is 9.02. The molecule has 0 spiro atoms. The van der Waals surface area contributed by atoms with Gasteiger partial charge in [-0.1, -0.05) is 12.1 Å². The quantitative estimate of drug-likeness (QED) is 0.649. The zero-order valence-corrected chi connectivity index (χ0v) is 14.9. The summed E-state index contributed by atoms with van der Waals surface area (Å²) in [5, 5.41) is 6.46. The van der Waals surface area contributed by atoms with Crippen molar-refractivity contribution in [2.24, 2.45) is 5.73 Å². The van der Waals surface area contributed by atoms with Gasteiger partial charge < -0.3 is 20.8 Å². The standard InChI is InChI=1S/C21H21N3O3/c22-21(26)24-17-6-4-13(5-7-17)11-23-20(25)10-16-12-27-19-9-15-3-1-2-14(15)8-18(16)19/h4-9,12H,1-3,10-11H2,(H,23,25)(H3,22,24,26). The molecule has 4 rings (SSSR count). The van der Waals surface area contributed by atoms with E-state index in [4.69, 9.17) is 10.2 Å². The Morgan fingerprint density at radius 1 is 1.07 bits per heavy atom. The van der Waals surface area contributed by atoms with Crippen LogP contribution in [0.3, 0.4) is 0 Å². The topological polar surface area (TPSA) is 97.4 Å². The predicted octanol–water partition coefficient (Wildman–Crippen LogP) is 3.27. The number of nitrogens with two attached hydrogens (primary N) is 1. The van der Waals surface area contributed by atoms with E-state index < -0.39 is 6.03 Å². The molecule has 6 nitrogen and oxygen atoms in total. The lowest BCUT2D eigenvalue weighted by molar-refractivity contribution is -0.120. The largest absolute Gasteiger partial charge is 0.464 e. The van der Waals surface area contributed by atoms with E-state index in [1.165, 1.54) is 17.5 Å². The summed E-state index contributed by atoms with van der Waals surface area (Å²) in [5.74, 6) is -0.0578. The first-order valence-corrected chi connectivity index (χ1v) is 9.02. The molecule has 0 aliphatic heterocycles. The molecule has 0 atom stereocenters. The molecule has 3 amide bonds. The van der Waals surface area contributed by atoms with Gasteiger partial charge >= 0.3 is 6.03 Å². The summed E-state index contributed by atoms with van der Waals surface area (Å²) in [6.07, 6.45) is 5.36. The van der Waals surface area contributed by atoms with Crippen LogP contribution in [0.2, 0.25) is 0 Å². The van der Waals surface area contributed by atoms with E-state index in [1.54, 1.807) is 18.4 Å². The van der Waals surface area contributed by atoms with Gasteiger partial charge in [0.25, 0.3) is 0 Å². The van der Waals surface area contributed by atoms with Crippen LogP contribution < -0.4 is 16.4 Å². The third kappa shape index (κ3) is 3.79. The fourth-order valence-electron chi connectivity index (χ4n) is 3.57. The van der Waals surface area contributed by atoms with Gasteiger partial charge in [-0.2, -0.15) is 0 Å². The average Bonchev–Trinajstić information content (AvgIpc) is 3.25. The molecule has 4 N–H and O–H groups in total. The molecule has 2 aromatic carbocycles. The van der Waals surface area contributed by atoms with Crippen molar-refractivity contribution in [1.82, 2.24) is 5.32 Å². The molecule has 0 radical (unpaired) electrons. The summed E-state index contributed by atoms with van der Waals surface area (Å²) >= 11 is 0. The molecular weight excluding hydrogens is 342 g/mol. The lowest BCUT2D eigenvalue weighted by Crippen LogP contribution is -2.24. The molecule has 138 valence electrons. The van der Waals surface area contributed by atoms with Gasteiger partial charge in [0.1, 0.15) is 5.58 Å². The van der Waals surface area contributed by atoms with Gasteiger partial charge in [-0.25, -0.2) is 4.79 Å². The third-order valence-corrected chi connectivity index (χ3v) is 4.93. The maximum absolute atomic E-state index is 12.3. The van der Waals surface area contributed by atoms with Crippen molar-refractivity contribution in [3.8, 4) is 0 Å². The van der Waals surface area contributed by atoms with Crippen LogP contribution in [0, 0.1) is 0 Å². The van der Waals surface area contributed by atoms with Crippen molar-refractivity contribution < 1.29 is 14.0 Å². The fourth-order valence-corrected chi connectivity index (χ4v) is 3.57. The molecule has 3 aromatic rings. The summed E-state index contributed by atoms with van der Waals surface area (Å²) in [6, 6.07) is 10.8. The average molecular weight is 363 g/mol. The molecule has 0 bridgehead atoms. The number of rotatable bonds is 5. The highest BCUT2D eigenvalue weighted by atomic mass is 16.3. The maximum Gasteiger partial charge on any atom is 0.316 e. The number of nitrogens with one attached hydrogen (secondary N) is 2. The molecular formula is C21H21N3O3. The molecule has 0 saturated carbocycles. The summed E-state index contributed by atoms with van der Waals surface area (Å²) < 4.78 is 5.66. The van der Waals surface area contributed by atoms with Gasteiger partial charge in [0, 0.05) is 23.2 Å². The number of carbonyl (C=O) groups is 2. The van der Waals surface area contributed by atoms with Gasteiger partial charge in [0.15, 0.2) is 0 Å². The minimum atomic E-state index is -0.603. The van der Waals surface area contributed by atoms with E-state index in [2.05, 4.69) is 22.8 Å². The molecule has 1 aliphatic rings. The molecule has 0 unspecified atom stereocenters. The molecule has 27 heavy (non-hydrogen) atoms. The van der Waals surface area contributed by atoms with E-state index in [9.17, 15) is 9.59 Å². The first kappa shape index (κ1) is 17.1. The van der Waals surface area contributed by atoms with Crippen LogP contribution in [0.15, 0.2) is 47.1 Å². The van der Waals surface area contributed by atoms with Crippen molar-refractivity contribution in [3.05, 3.63) is 64.9 Å². The highest BCUT2D eigenvalue weighted by Gasteiger charge is 2.16. The summed E-state index contributed by atoms with van der Waals surface area (Å²) in [6.45, 7) is 0.418. The normalized spacial score (nSPS) is 12.7. The Labute approximate surface area is 156 Å². The van der Waals surface area contributed by atoms with Gasteiger partial charge in [-0.15, -0.1) is 0 Å². The van der Waals surface area contributed by atoms with Gasteiger partial charge in [0.2, 0.25) is 5.91 Å². The SMILES string of the molecule is NC(=O)Nc1ccc(CNC(=O)Cc2coc3cc4c(cc23)CCC4)cc1. The second kappa shape index (κ2) is 7.15. The first-order chi connectivity index (χ1) is 13.1. The van der Waals surface area contributed by atoms with Crippen LogP contribution in [-0.4, -0.2) is 11.9 Å². The van der Waals surface area contributed by atoms with Crippen LogP contribution >= 0.6 is 0 Å². The van der Waals surface area contributed by atoms with Crippen LogP contribution in [0.5, 0.6) is 0 Å². The summed E-state index contributed by atoms with van der Waals surface area (Å²) in [4.78, 5) is 23.2. The van der Waals surface area contributed by atoms with Crippen molar-refractivity contribution in [3.63, 3.8) is 0 Å². The third-order valence-electron chi connectivity index (χ3n) is 4.93. The van der Waals surface area contributed by atoms with Crippen molar-refractivity contribution >= 4 is 28.6 Å². The Kier molecular flexibility index (Phi) is 4.54. The number of hydrogen-bond donors (Lipinski definition) is 3. The van der Waals surface area contributed by atoms with Crippen LogP contribution in [0.4, 0.5) is 10.5 Å². The van der Waals surface area contributed by atoms with E-state index in [0.717, 1.165) is 34.9 Å². The number of amides is 3. The molecule has 6 heteroatoms. The number of furan rings is 1. The minimum Gasteiger partial charge on any atom is -0.464 e. The van der Waals surface area contributed by atoms with Gasteiger partial charge in [-0.3, -0.25) is 4.79 Å². The van der Waals surface area contributed by atoms with Crippen molar-refractivity contribution in [1.29, 1.82) is 0 Å². The summed E-state index contributed by atoms with van der Waals surface area (Å²) in [5.41, 5.74) is 11.1. The Morgan fingerprint density at radius 3 is 2.56 bits per heavy atom. The molecule has 0 fully saturated rings. The molecule has 1 heterocycles. The number of aryl methyl sites for hydroxylation is 2. The Bertz CT molecular complexity index is 1010. The van der Waals surface area contributed by atoms with E-state index in [0.29, 0.717) is 12.2 Å².